The molecule has 0 spiro atoms. The third-order valence-corrected chi connectivity index (χ3v) is 5.05. The third kappa shape index (κ3) is 2.40. The fraction of sp³-hybridized carbons (Fsp3) is 0.667. The minimum atomic E-state index is 0.307. The summed E-state index contributed by atoms with van der Waals surface area (Å²) in [5.74, 6) is 0. The summed E-state index contributed by atoms with van der Waals surface area (Å²) in [4.78, 5) is 2.35. The summed E-state index contributed by atoms with van der Waals surface area (Å²) in [6.45, 7) is 15.1. The van der Waals surface area contributed by atoms with E-state index < -0.39 is 0 Å². The topological polar surface area (TPSA) is 3.24 Å². The third-order valence-electron chi connectivity index (χ3n) is 5.05. The molecule has 0 aliphatic heterocycles. The highest BCUT2D eigenvalue weighted by atomic mass is 15.1. The van der Waals surface area contributed by atoms with E-state index in [2.05, 4.69) is 65.6 Å². The Balaban J connectivity index is 2.65. The van der Waals surface area contributed by atoms with Crippen LogP contribution in [0.25, 0.3) is 0 Å². The van der Waals surface area contributed by atoms with Gasteiger partial charge in [0.25, 0.3) is 0 Å². The van der Waals surface area contributed by atoms with Gasteiger partial charge in [0.05, 0.1) is 0 Å². The molecule has 0 bridgehead atoms. The molecule has 0 unspecified atom stereocenters. The molecule has 0 amide bonds. The number of fused-ring (bicyclic) bond motifs is 1. The van der Waals surface area contributed by atoms with Crippen LogP contribution in [-0.4, -0.2) is 13.6 Å². The maximum atomic E-state index is 2.45. The Bertz CT molecular complexity index is 483. The summed E-state index contributed by atoms with van der Waals surface area (Å²) in [6, 6.07) is 4.90. The Morgan fingerprint density at radius 2 is 1.47 bits per heavy atom. The summed E-state index contributed by atoms with van der Waals surface area (Å²) >= 11 is 0. The molecular formula is C18H29N. The van der Waals surface area contributed by atoms with Crippen molar-refractivity contribution in [3.05, 3.63) is 28.8 Å². The first-order valence-corrected chi connectivity index (χ1v) is 7.56. The molecule has 1 aliphatic carbocycles. The molecule has 1 aliphatic rings. The average molecular weight is 259 g/mol. The van der Waals surface area contributed by atoms with Gasteiger partial charge in [0.2, 0.25) is 0 Å². The van der Waals surface area contributed by atoms with Gasteiger partial charge in [-0.05, 0) is 60.3 Å². The van der Waals surface area contributed by atoms with E-state index in [1.165, 1.54) is 24.1 Å². The summed E-state index contributed by atoms with van der Waals surface area (Å²) < 4.78 is 0. The van der Waals surface area contributed by atoms with Gasteiger partial charge in [0.15, 0.2) is 0 Å². The second-order valence-electron chi connectivity index (χ2n) is 7.47. The molecule has 1 aromatic carbocycles. The van der Waals surface area contributed by atoms with Gasteiger partial charge < -0.3 is 4.90 Å². The molecule has 0 saturated carbocycles. The number of anilines is 1. The van der Waals surface area contributed by atoms with E-state index >= 15 is 0 Å². The summed E-state index contributed by atoms with van der Waals surface area (Å²) in [5, 5.41) is 0. The average Bonchev–Trinajstić information content (AvgIpc) is 2.34. The lowest BCUT2D eigenvalue weighted by Gasteiger charge is -2.42. The maximum Gasteiger partial charge on any atom is 0.0396 e. The zero-order chi connectivity index (χ0) is 14.4. The zero-order valence-corrected chi connectivity index (χ0v) is 13.7. The Morgan fingerprint density at radius 1 is 1.00 bits per heavy atom. The van der Waals surface area contributed by atoms with Crippen molar-refractivity contribution in [3.8, 4) is 0 Å². The van der Waals surface area contributed by atoms with Crippen LogP contribution in [0.1, 0.15) is 64.2 Å². The fourth-order valence-electron chi connectivity index (χ4n) is 3.29. The van der Waals surface area contributed by atoms with Crippen LogP contribution in [0.3, 0.4) is 0 Å². The van der Waals surface area contributed by atoms with Crippen molar-refractivity contribution in [2.45, 2.75) is 65.2 Å². The number of hydrogen-bond acceptors (Lipinski definition) is 1. The molecule has 0 heterocycles. The molecule has 106 valence electrons. The van der Waals surface area contributed by atoms with Crippen LogP contribution >= 0.6 is 0 Å². The Labute approximate surface area is 119 Å². The lowest BCUT2D eigenvalue weighted by atomic mass is 9.63. The predicted octanol–water partition coefficient (Wildman–Crippen LogP) is 4.80. The second-order valence-corrected chi connectivity index (χ2v) is 7.47. The van der Waals surface area contributed by atoms with E-state index in [9.17, 15) is 0 Å². The van der Waals surface area contributed by atoms with E-state index in [0.29, 0.717) is 10.8 Å². The minimum absolute atomic E-state index is 0.307. The molecule has 1 aromatic rings. The number of hydrogen-bond donors (Lipinski definition) is 0. The van der Waals surface area contributed by atoms with Gasteiger partial charge in [0, 0.05) is 19.3 Å². The Kier molecular flexibility index (Phi) is 3.45. The first-order valence-electron chi connectivity index (χ1n) is 7.56. The lowest BCUT2D eigenvalue weighted by molar-refractivity contribution is 0.332. The lowest BCUT2D eigenvalue weighted by Crippen LogP contribution is -2.34. The van der Waals surface area contributed by atoms with Gasteiger partial charge in [-0.3, -0.25) is 0 Å². The smallest absolute Gasteiger partial charge is 0.0396 e. The fourth-order valence-corrected chi connectivity index (χ4v) is 3.29. The van der Waals surface area contributed by atoms with Crippen molar-refractivity contribution in [1.29, 1.82) is 0 Å². The first kappa shape index (κ1) is 14.4. The van der Waals surface area contributed by atoms with Crippen molar-refractivity contribution in [3.63, 3.8) is 0 Å². The van der Waals surface area contributed by atoms with Crippen molar-refractivity contribution < 1.29 is 0 Å². The molecule has 0 fully saturated rings. The van der Waals surface area contributed by atoms with Crippen LogP contribution in [0.15, 0.2) is 12.1 Å². The van der Waals surface area contributed by atoms with Crippen LogP contribution in [-0.2, 0) is 10.8 Å². The van der Waals surface area contributed by atoms with Crippen LogP contribution < -0.4 is 4.90 Å². The number of benzene rings is 1. The van der Waals surface area contributed by atoms with E-state index in [1.807, 2.05) is 0 Å². The van der Waals surface area contributed by atoms with E-state index in [1.54, 1.807) is 11.1 Å². The molecule has 1 nitrogen and oxygen atoms in total. The molecule has 0 N–H and O–H groups in total. The van der Waals surface area contributed by atoms with E-state index in [4.69, 9.17) is 0 Å². The van der Waals surface area contributed by atoms with Gasteiger partial charge in [-0.15, -0.1) is 0 Å². The summed E-state index contributed by atoms with van der Waals surface area (Å²) in [5.41, 5.74) is 6.56. The van der Waals surface area contributed by atoms with Crippen LogP contribution in [0, 0.1) is 6.92 Å². The number of nitrogens with zero attached hydrogens (tertiary/aromatic N) is 1. The molecule has 0 atom stereocenters. The largest absolute Gasteiger partial charge is 0.375 e. The van der Waals surface area contributed by atoms with E-state index in [0.717, 1.165) is 6.54 Å². The highest BCUT2D eigenvalue weighted by Gasteiger charge is 2.37. The summed E-state index contributed by atoms with van der Waals surface area (Å²) in [6.07, 6.45) is 2.57. The van der Waals surface area contributed by atoms with Gasteiger partial charge >= 0.3 is 0 Å². The van der Waals surface area contributed by atoms with Crippen LogP contribution in [0.4, 0.5) is 5.69 Å². The molecular weight excluding hydrogens is 230 g/mol. The normalized spacial score (nSPS) is 19.9. The predicted molar refractivity (Wildman–Crippen MR) is 85.4 cm³/mol. The van der Waals surface area contributed by atoms with Gasteiger partial charge in [-0.2, -0.15) is 0 Å². The quantitative estimate of drug-likeness (QED) is 0.737. The second kappa shape index (κ2) is 4.54. The number of aryl methyl sites for hydroxylation is 1. The van der Waals surface area contributed by atoms with Crippen LogP contribution in [0.2, 0.25) is 0 Å². The van der Waals surface area contributed by atoms with E-state index in [-0.39, 0.29) is 0 Å². The van der Waals surface area contributed by atoms with Gasteiger partial charge in [-0.25, -0.2) is 0 Å². The molecule has 1 heteroatoms. The van der Waals surface area contributed by atoms with Crippen molar-refractivity contribution in [1.82, 2.24) is 0 Å². The molecule has 0 aromatic heterocycles. The van der Waals surface area contributed by atoms with Crippen LogP contribution in [0.5, 0.6) is 0 Å². The Hall–Kier alpha value is -0.980. The van der Waals surface area contributed by atoms with Crippen molar-refractivity contribution in [2.24, 2.45) is 0 Å². The van der Waals surface area contributed by atoms with Crippen molar-refractivity contribution in [2.75, 3.05) is 18.5 Å². The standard InChI is InChI=1S/C18H29N/c1-8-19(7)16-12-15-14(11-13(16)2)17(3,4)9-10-18(15,5)6/h11-12H,8-10H2,1-7H3. The molecule has 19 heavy (non-hydrogen) atoms. The minimum Gasteiger partial charge on any atom is -0.375 e. The highest BCUT2D eigenvalue weighted by Crippen LogP contribution is 2.47. The zero-order valence-electron chi connectivity index (χ0n) is 13.7. The molecule has 0 radical (unpaired) electrons. The van der Waals surface area contributed by atoms with Crippen molar-refractivity contribution >= 4 is 5.69 Å². The molecule has 2 rings (SSSR count). The maximum absolute atomic E-state index is 2.45. The van der Waals surface area contributed by atoms with Gasteiger partial charge in [-0.1, -0.05) is 33.8 Å². The SMILES string of the molecule is CCN(C)c1cc2c(cc1C)C(C)(C)CCC2(C)C. The van der Waals surface area contributed by atoms with Gasteiger partial charge in [0.1, 0.15) is 0 Å². The summed E-state index contributed by atoms with van der Waals surface area (Å²) in [7, 11) is 2.19. The first-order chi connectivity index (χ1) is 8.69. The molecule has 0 saturated heterocycles. The monoisotopic (exact) mass is 259 g/mol. The number of rotatable bonds is 2. The Morgan fingerprint density at radius 3 is 1.95 bits per heavy atom. The highest BCUT2D eigenvalue weighted by molar-refractivity contribution is 5.60.